The van der Waals surface area contributed by atoms with Crippen LogP contribution < -0.4 is 0 Å². The van der Waals surface area contributed by atoms with Crippen molar-refractivity contribution < 1.29 is 14.7 Å². The van der Waals surface area contributed by atoms with Gasteiger partial charge in [-0.2, -0.15) is 11.8 Å². The molecular weight excluding hydrogens is 226 g/mol. The monoisotopic (exact) mass is 243 g/mol. The van der Waals surface area contributed by atoms with Gasteiger partial charge in [0.25, 0.3) is 0 Å². The molecule has 1 amide bonds. The lowest BCUT2D eigenvalue weighted by molar-refractivity contribution is -0.160. The molecule has 0 spiro atoms. The number of thioether (sulfide) groups is 1. The first-order valence-corrected chi connectivity index (χ1v) is 6.84. The molecule has 4 nitrogen and oxygen atoms in total. The predicted octanol–water partition coefficient (Wildman–Crippen LogP) is 1.35. The zero-order chi connectivity index (χ0) is 11.8. The van der Waals surface area contributed by atoms with Crippen LogP contribution in [0.15, 0.2) is 0 Å². The Morgan fingerprint density at radius 2 is 1.88 bits per heavy atom. The first-order valence-electron chi connectivity index (χ1n) is 5.69. The molecule has 1 N–H and O–H groups in total. The number of carbonyl (C=O) groups excluding carboxylic acids is 1. The summed E-state index contributed by atoms with van der Waals surface area (Å²) in [6.07, 6.45) is 3.09. The summed E-state index contributed by atoms with van der Waals surface area (Å²) < 4.78 is 0. The molecular formula is C11H17NO3S. The predicted molar refractivity (Wildman–Crippen MR) is 62.5 cm³/mol. The van der Waals surface area contributed by atoms with Crippen LogP contribution in [-0.2, 0) is 9.59 Å². The molecule has 2 fully saturated rings. The molecule has 1 heterocycles. The third-order valence-corrected chi connectivity index (χ3v) is 4.42. The lowest BCUT2D eigenvalue weighted by Crippen LogP contribution is -2.59. The molecule has 0 radical (unpaired) electrons. The average molecular weight is 243 g/mol. The number of aliphatic carboxylic acids is 1. The van der Waals surface area contributed by atoms with Gasteiger partial charge >= 0.3 is 5.97 Å². The maximum Gasteiger partial charge on any atom is 0.329 e. The van der Waals surface area contributed by atoms with Crippen molar-refractivity contribution in [1.29, 1.82) is 0 Å². The zero-order valence-electron chi connectivity index (χ0n) is 9.44. The summed E-state index contributed by atoms with van der Waals surface area (Å²) in [6.45, 7) is 1.49. The Kier molecular flexibility index (Phi) is 3.15. The topological polar surface area (TPSA) is 57.6 Å². The van der Waals surface area contributed by atoms with Crippen molar-refractivity contribution in [2.24, 2.45) is 0 Å². The van der Waals surface area contributed by atoms with Crippen LogP contribution in [0.2, 0.25) is 0 Å². The van der Waals surface area contributed by atoms with Crippen LogP contribution in [0.25, 0.3) is 0 Å². The number of rotatable bonds is 3. The second-order valence-corrected chi connectivity index (χ2v) is 5.79. The molecule has 1 saturated carbocycles. The van der Waals surface area contributed by atoms with E-state index >= 15 is 0 Å². The van der Waals surface area contributed by atoms with Gasteiger partial charge < -0.3 is 10.0 Å². The van der Waals surface area contributed by atoms with Crippen molar-refractivity contribution in [3.05, 3.63) is 0 Å². The van der Waals surface area contributed by atoms with E-state index in [1.165, 1.54) is 6.92 Å². The average Bonchev–Trinajstić information content (AvgIpc) is 3.03. The number of amides is 1. The molecule has 0 aromatic rings. The molecule has 0 aromatic carbocycles. The van der Waals surface area contributed by atoms with Crippen molar-refractivity contribution in [3.63, 3.8) is 0 Å². The molecule has 0 bridgehead atoms. The van der Waals surface area contributed by atoms with E-state index in [-0.39, 0.29) is 11.9 Å². The highest BCUT2D eigenvalue weighted by atomic mass is 32.2. The molecule has 1 saturated heterocycles. The standard InChI is InChI=1S/C11H17NO3S/c1-8(13)12(9-2-3-9)11(10(14)15)4-6-16-7-5-11/h9H,2-7H2,1H3,(H,14,15). The number of carbonyl (C=O) groups is 2. The van der Waals surface area contributed by atoms with Crippen molar-refractivity contribution >= 4 is 23.6 Å². The van der Waals surface area contributed by atoms with Gasteiger partial charge in [0.05, 0.1) is 0 Å². The van der Waals surface area contributed by atoms with Gasteiger partial charge in [0.2, 0.25) is 5.91 Å². The molecule has 5 heteroatoms. The van der Waals surface area contributed by atoms with Gasteiger partial charge in [0.15, 0.2) is 0 Å². The van der Waals surface area contributed by atoms with E-state index in [0.717, 1.165) is 24.3 Å². The van der Waals surface area contributed by atoms with E-state index in [4.69, 9.17) is 0 Å². The Labute approximate surface area is 99.4 Å². The lowest BCUT2D eigenvalue weighted by Gasteiger charge is -2.42. The quantitative estimate of drug-likeness (QED) is 0.813. The molecule has 16 heavy (non-hydrogen) atoms. The van der Waals surface area contributed by atoms with Crippen LogP contribution in [0.5, 0.6) is 0 Å². The normalized spacial score (nSPS) is 23.8. The first kappa shape index (κ1) is 11.8. The maximum absolute atomic E-state index is 11.7. The summed E-state index contributed by atoms with van der Waals surface area (Å²) in [5.74, 6) is 0.762. The van der Waals surface area contributed by atoms with Crippen molar-refractivity contribution in [2.45, 2.75) is 44.2 Å². The van der Waals surface area contributed by atoms with Crippen LogP contribution in [0.3, 0.4) is 0 Å². The van der Waals surface area contributed by atoms with E-state index in [2.05, 4.69) is 0 Å². The third kappa shape index (κ3) is 1.93. The second-order valence-electron chi connectivity index (χ2n) is 4.57. The number of carboxylic acid groups (broad SMARTS) is 1. The molecule has 1 aliphatic heterocycles. The largest absolute Gasteiger partial charge is 0.479 e. The Bertz CT molecular complexity index is 308. The lowest BCUT2D eigenvalue weighted by atomic mass is 9.89. The van der Waals surface area contributed by atoms with Crippen molar-refractivity contribution in [1.82, 2.24) is 4.90 Å². The molecule has 0 aromatic heterocycles. The van der Waals surface area contributed by atoms with Gasteiger partial charge in [-0.05, 0) is 37.2 Å². The van der Waals surface area contributed by atoms with E-state index in [1.54, 1.807) is 16.7 Å². The van der Waals surface area contributed by atoms with Crippen molar-refractivity contribution in [3.8, 4) is 0 Å². The van der Waals surface area contributed by atoms with Crippen molar-refractivity contribution in [2.75, 3.05) is 11.5 Å². The molecule has 90 valence electrons. The van der Waals surface area contributed by atoms with Crippen LogP contribution >= 0.6 is 11.8 Å². The highest BCUT2D eigenvalue weighted by molar-refractivity contribution is 7.99. The molecule has 1 aliphatic carbocycles. The Balaban J connectivity index is 2.28. The molecule has 2 aliphatic rings. The minimum Gasteiger partial charge on any atom is -0.479 e. The first-order chi connectivity index (χ1) is 7.58. The molecule has 2 rings (SSSR count). The number of hydrogen-bond acceptors (Lipinski definition) is 3. The Morgan fingerprint density at radius 3 is 2.25 bits per heavy atom. The second kappa shape index (κ2) is 4.28. The fraction of sp³-hybridized carbons (Fsp3) is 0.818. The van der Waals surface area contributed by atoms with Gasteiger partial charge in [-0.15, -0.1) is 0 Å². The minimum absolute atomic E-state index is 0.0863. The van der Waals surface area contributed by atoms with E-state index in [9.17, 15) is 14.7 Å². The van der Waals surface area contributed by atoms with E-state index in [0.29, 0.717) is 12.8 Å². The molecule has 0 unspecified atom stereocenters. The van der Waals surface area contributed by atoms with Crippen LogP contribution in [0.4, 0.5) is 0 Å². The van der Waals surface area contributed by atoms with Gasteiger partial charge in [0, 0.05) is 13.0 Å². The fourth-order valence-electron chi connectivity index (χ4n) is 2.51. The summed E-state index contributed by atoms with van der Waals surface area (Å²) in [7, 11) is 0. The van der Waals surface area contributed by atoms with Crippen LogP contribution in [-0.4, -0.2) is 45.0 Å². The summed E-state index contributed by atoms with van der Waals surface area (Å²) in [5, 5.41) is 9.48. The Hall–Kier alpha value is -0.710. The smallest absolute Gasteiger partial charge is 0.329 e. The SMILES string of the molecule is CC(=O)N(C1CC1)C1(C(=O)O)CCSCC1. The van der Waals surface area contributed by atoms with Crippen LogP contribution in [0.1, 0.15) is 32.6 Å². The van der Waals surface area contributed by atoms with Gasteiger partial charge in [-0.25, -0.2) is 4.79 Å². The highest BCUT2D eigenvalue weighted by Crippen LogP contribution is 2.40. The molecule has 0 atom stereocenters. The third-order valence-electron chi connectivity index (χ3n) is 3.43. The zero-order valence-corrected chi connectivity index (χ0v) is 10.3. The summed E-state index contributed by atoms with van der Waals surface area (Å²) in [6, 6.07) is 0.177. The van der Waals surface area contributed by atoms with E-state index < -0.39 is 11.5 Å². The van der Waals surface area contributed by atoms with Crippen LogP contribution in [0, 0.1) is 0 Å². The van der Waals surface area contributed by atoms with Gasteiger partial charge in [-0.1, -0.05) is 0 Å². The summed E-state index contributed by atoms with van der Waals surface area (Å²) in [5.41, 5.74) is -0.918. The maximum atomic E-state index is 11.7. The minimum atomic E-state index is -0.918. The van der Waals surface area contributed by atoms with Gasteiger partial charge in [0.1, 0.15) is 5.54 Å². The summed E-state index contributed by atoms with van der Waals surface area (Å²) in [4.78, 5) is 24.9. The number of carboxylic acids is 1. The highest BCUT2D eigenvalue weighted by Gasteiger charge is 2.51. The fourth-order valence-corrected chi connectivity index (χ4v) is 3.68. The van der Waals surface area contributed by atoms with Gasteiger partial charge in [-0.3, -0.25) is 4.79 Å². The number of hydrogen-bond donors (Lipinski definition) is 1. The van der Waals surface area contributed by atoms with E-state index in [1.807, 2.05) is 0 Å². The Morgan fingerprint density at radius 1 is 1.31 bits per heavy atom. The summed E-state index contributed by atoms with van der Waals surface area (Å²) >= 11 is 1.77. The number of nitrogens with zero attached hydrogens (tertiary/aromatic N) is 1.